The molecule has 0 rings (SSSR count). The van der Waals surface area contributed by atoms with Crippen molar-refractivity contribution in [2.45, 2.75) is 12.5 Å². The van der Waals surface area contributed by atoms with Crippen LogP contribution in [0.15, 0.2) is 0 Å². The molecule has 0 aliphatic heterocycles. The number of carbonyl (C=O) groups is 1. The molecule has 48 valence electrons. The number of aliphatic hydroxyl groups is 1. The number of halogens is 2. The molecule has 0 fully saturated rings. The number of rotatable bonds is 3. The summed E-state index contributed by atoms with van der Waals surface area (Å²) in [5.41, 5.74) is 0. The van der Waals surface area contributed by atoms with E-state index in [0.29, 0.717) is 0 Å². The maximum absolute atomic E-state index is 9.99. The Morgan fingerprint density at radius 3 is 2.38 bits per heavy atom. The number of hydrogen-bond donors (Lipinski definition) is 1. The lowest BCUT2D eigenvalue weighted by atomic mass is 10.3. The maximum atomic E-state index is 9.99. The minimum absolute atomic E-state index is 0.226. The van der Waals surface area contributed by atoms with E-state index in [1.54, 1.807) is 0 Å². The topological polar surface area (TPSA) is 37.3 Å². The third-order valence-electron chi connectivity index (χ3n) is 0.645. The van der Waals surface area contributed by atoms with E-state index < -0.39 is 11.3 Å². The van der Waals surface area contributed by atoms with Crippen LogP contribution in [0.3, 0.4) is 0 Å². The predicted octanol–water partition coefficient (Wildman–Crippen LogP) is 0.742. The van der Waals surface area contributed by atoms with Crippen LogP contribution >= 0.6 is 23.2 Å². The minimum Gasteiger partial charge on any atom is -0.384 e. The van der Waals surface area contributed by atoms with Crippen LogP contribution in [0.4, 0.5) is 0 Å². The molecule has 0 saturated heterocycles. The Morgan fingerprint density at radius 1 is 1.75 bits per heavy atom. The summed E-state index contributed by atoms with van der Waals surface area (Å²) in [6, 6.07) is 0. The SMILES string of the molecule is O=C(Cl)C(O)CCCl. The zero-order chi connectivity index (χ0) is 6.57. The summed E-state index contributed by atoms with van der Waals surface area (Å²) >= 11 is 10.0. The van der Waals surface area contributed by atoms with E-state index in [1.165, 1.54) is 0 Å². The molecule has 0 saturated carbocycles. The van der Waals surface area contributed by atoms with Crippen LogP contribution in [0.2, 0.25) is 0 Å². The van der Waals surface area contributed by atoms with E-state index in [9.17, 15) is 4.79 Å². The molecule has 0 aliphatic carbocycles. The van der Waals surface area contributed by atoms with Crippen molar-refractivity contribution < 1.29 is 9.90 Å². The fourth-order valence-electron chi connectivity index (χ4n) is 0.217. The van der Waals surface area contributed by atoms with Crippen molar-refractivity contribution in [3.05, 3.63) is 0 Å². The van der Waals surface area contributed by atoms with Gasteiger partial charge >= 0.3 is 0 Å². The van der Waals surface area contributed by atoms with Gasteiger partial charge in [0.25, 0.3) is 0 Å². The highest BCUT2D eigenvalue weighted by molar-refractivity contribution is 6.64. The molecule has 0 bridgehead atoms. The highest BCUT2D eigenvalue weighted by Gasteiger charge is 2.09. The molecule has 0 amide bonds. The summed E-state index contributed by atoms with van der Waals surface area (Å²) in [6.07, 6.45) is -0.863. The van der Waals surface area contributed by atoms with Gasteiger partial charge in [-0.1, -0.05) is 0 Å². The zero-order valence-electron chi connectivity index (χ0n) is 4.10. The van der Waals surface area contributed by atoms with Gasteiger partial charge < -0.3 is 5.11 Å². The van der Waals surface area contributed by atoms with Gasteiger partial charge in [-0.15, -0.1) is 11.6 Å². The summed E-state index contributed by atoms with van der Waals surface area (Å²) < 4.78 is 0. The first-order valence-corrected chi connectivity index (χ1v) is 3.03. The van der Waals surface area contributed by atoms with Gasteiger partial charge in [-0.25, -0.2) is 0 Å². The Balaban J connectivity index is 3.32. The third kappa shape index (κ3) is 3.24. The molecule has 4 heteroatoms. The Morgan fingerprint density at radius 2 is 2.25 bits per heavy atom. The molecule has 0 aromatic carbocycles. The van der Waals surface area contributed by atoms with Crippen LogP contribution in [0.1, 0.15) is 6.42 Å². The smallest absolute Gasteiger partial charge is 0.250 e. The van der Waals surface area contributed by atoms with Crippen molar-refractivity contribution in [3.63, 3.8) is 0 Å². The number of hydrogen-bond acceptors (Lipinski definition) is 2. The van der Waals surface area contributed by atoms with Gasteiger partial charge in [0.2, 0.25) is 5.24 Å². The second kappa shape index (κ2) is 4.13. The maximum Gasteiger partial charge on any atom is 0.250 e. The highest BCUT2D eigenvalue weighted by Crippen LogP contribution is 1.97. The van der Waals surface area contributed by atoms with Gasteiger partial charge in [-0.3, -0.25) is 4.79 Å². The van der Waals surface area contributed by atoms with Crippen LogP contribution in [0.5, 0.6) is 0 Å². The Labute approximate surface area is 57.4 Å². The first kappa shape index (κ1) is 8.21. The van der Waals surface area contributed by atoms with E-state index in [1.807, 2.05) is 0 Å². The minimum atomic E-state index is -1.09. The summed E-state index contributed by atoms with van der Waals surface area (Å²) in [5.74, 6) is 0.250. The number of alkyl halides is 1. The fourth-order valence-corrected chi connectivity index (χ4v) is 0.533. The lowest BCUT2D eigenvalue weighted by Crippen LogP contribution is -2.14. The molecule has 1 unspecified atom stereocenters. The summed E-state index contributed by atoms with van der Waals surface area (Å²) in [4.78, 5) is 9.99. The second-order valence-corrected chi connectivity index (χ2v) is 2.05. The van der Waals surface area contributed by atoms with Gasteiger partial charge in [0.15, 0.2) is 0 Å². The van der Waals surface area contributed by atoms with E-state index >= 15 is 0 Å². The van der Waals surface area contributed by atoms with Crippen molar-refractivity contribution in [2.24, 2.45) is 0 Å². The molecule has 0 radical (unpaired) electrons. The molecular formula is C4H6Cl2O2. The summed E-state index contributed by atoms with van der Waals surface area (Å²) in [6.45, 7) is 0. The molecular weight excluding hydrogens is 151 g/mol. The van der Waals surface area contributed by atoms with E-state index in [4.69, 9.17) is 28.3 Å². The average Bonchev–Trinajstić information content (AvgIpc) is 1.67. The lowest BCUT2D eigenvalue weighted by Gasteiger charge is -1.98. The van der Waals surface area contributed by atoms with Gasteiger partial charge in [-0.05, 0) is 18.0 Å². The largest absolute Gasteiger partial charge is 0.384 e. The van der Waals surface area contributed by atoms with E-state index in [2.05, 4.69) is 0 Å². The van der Waals surface area contributed by atoms with Gasteiger partial charge in [-0.2, -0.15) is 0 Å². The normalized spacial score (nSPS) is 13.4. The van der Waals surface area contributed by atoms with Crippen LogP contribution in [-0.2, 0) is 4.79 Å². The van der Waals surface area contributed by atoms with Crippen molar-refractivity contribution in [1.29, 1.82) is 0 Å². The molecule has 0 aromatic rings. The molecule has 0 aliphatic rings. The van der Waals surface area contributed by atoms with Crippen molar-refractivity contribution in [3.8, 4) is 0 Å². The van der Waals surface area contributed by atoms with Crippen LogP contribution in [-0.4, -0.2) is 22.3 Å². The Bertz CT molecular complexity index is 84.1. The van der Waals surface area contributed by atoms with Gasteiger partial charge in [0.1, 0.15) is 6.10 Å². The first-order chi connectivity index (χ1) is 3.68. The summed E-state index contributed by atoms with van der Waals surface area (Å²) in [5, 5.41) is 7.82. The molecule has 1 N–H and O–H groups in total. The fraction of sp³-hybridized carbons (Fsp3) is 0.750. The van der Waals surface area contributed by atoms with Crippen molar-refractivity contribution in [1.82, 2.24) is 0 Å². The quantitative estimate of drug-likeness (QED) is 0.484. The van der Waals surface area contributed by atoms with Gasteiger partial charge in [0.05, 0.1) is 0 Å². The Kier molecular flexibility index (Phi) is 4.23. The monoisotopic (exact) mass is 156 g/mol. The molecule has 0 spiro atoms. The molecule has 0 aromatic heterocycles. The number of aliphatic hydroxyl groups excluding tert-OH is 1. The number of carbonyl (C=O) groups excluding carboxylic acids is 1. The summed E-state index contributed by atoms with van der Waals surface area (Å²) in [7, 11) is 0. The van der Waals surface area contributed by atoms with Crippen LogP contribution < -0.4 is 0 Å². The van der Waals surface area contributed by atoms with E-state index in [0.717, 1.165) is 0 Å². The molecule has 1 atom stereocenters. The third-order valence-corrected chi connectivity index (χ3v) is 1.11. The van der Waals surface area contributed by atoms with Crippen molar-refractivity contribution >= 4 is 28.4 Å². The highest BCUT2D eigenvalue weighted by atomic mass is 35.5. The van der Waals surface area contributed by atoms with Crippen LogP contribution in [0, 0.1) is 0 Å². The lowest BCUT2D eigenvalue weighted by molar-refractivity contribution is -0.119. The van der Waals surface area contributed by atoms with Gasteiger partial charge in [0, 0.05) is 5.88 Å². The molecule has 8 heavy (non-hydrogen) atoms. The Hall–Kier alpha value is 0.210. The van der Waals surface area contributed by atoms with E-state index in [-0.39, 0.29) is 12.3 Å². The standard InChI is InChI=1S/C4H6Cl2O2/c5-2-1-3(7)4(6)8/h3,7H,1-2H2. The predicted molar refractivity (Wildman–Crippen MR) is 32.2 cm³/mol. The average molecular weight is 157 g/mol. The van der Waals surface area contributed by atoms with Crippen LogP contribution in [0.25, 0.3) is 0 Å². The first-order valence-electron chi connectivity index (χ1n) is 2.12. The van der Waals surface area contributed by atoms with Crippen molar-refractivity contribution in [2.75, 3.05) is 5.88 Å². The zero-order valence-corrected chi connectivity index (χ0v) is 5.61. The second-order valence-electron chi connectivity index (χ2n) is 1.30. The molecule has 2 nitrogen and oxygen atoms in total. The molecule has 0 heterocycles.